The van der Waals surface area contributed by atoms with E-state index in [9.17, 15) is 9.90 Å². The molecule has 3 nitrogen and oxygen atoms in total. The van der Waals surface area contributed by atoms with Gasteiger partial charge in [0, 0.05) is 0 Å². The molecule has 3 unspecified atom stereocenters. The third kappa shape index (κ3) is 6.83. The van der Waals surface area contributed by atoms with E-state index in [1.54, 1.807) is 6.92 Å². The maximum atomic E-state index is 13.4. The summed E-state index contributed by atoms with van der Waals surface area (Å²) in [4.78, 5) is 13.4. The highest BCUT2D eigenvalue weighted by Gasteiger charge is 2.54. The Morgan fingerprint density at radius 2 is 1.41 bits per heavy atom. The lowest BCUT2D eigenvalue weighted by Gasteiger charge is -2.53. The molecule has 0 aliphatic rings. The average molecular weight is 447 g/mol. The van der Waals surface area contributed by atoms with Crippen LogP contribution in [0.1, 0.15) is 107 Å². The summed E-state index contributed by atoms with van der Waals surface area (Å²) < 4.78 is 5.59. The maximum Gasteiger partial charge on any atom is 0.312 e. The van der Waals surface area contributed by atoms with Crippen LogP contribution in [-0.2, 0) is 9.53 Å². The maximum absolute atomic E-state index is 13.4. The molecule has 0 heterocycles. The Bertz CT molecular complexity index is 732. The monoisotopic (exact) mass is 446 g/mol. The summed E-state index contributed by atoms with van der Waals surface area (Å²) in [5.41, 5.74) is 0.309. The quantitative estimate of drug-likeness (QED) is 0.397. The first kappa shape index (κ1) is 28.7. The zero-order chi connectivity index (χ0) is 25.2. The van der Waals surface area contributed by atoms with Crippen LogP contribution in [0.25, 0.3) is 0 Å². The van der Waals surface area contributed by atoms with Gasteiger partial charge in [-0.25, -0.2) is 0 Å². The second-order valence-corrected chi connectivity index (χ2v) is 13.5. The Kier molecular flexibility index (Phi) is 8.85. The number of aliphatic hydroxyl groups is 1. The minimum atomic E-state index is -0.689. The second kappa shape index (κ2) is 9.87. The Labute approximate surface area is 198 Å². The van der Waals surface area contributed by atoms with Crippen molar-refractivity contribution in [1.29, 1.82) is 0 Å². The van der Waals surface area contributed by atoms with Crippen LogP contribution in [0, 0.1) is 27.1 Å². The van der Waals surface area contributed by atoms with Gasteiger partial charge in [-0.2, -0.15) is 0 Å². The molecular weight excluding hydrogens is 396 g/mol. The standard InChI is InChI=1S/C29H50O3/c1-21(30)19-32-24(31)29(12,26(5,6)7)20-27(8,9)28(10,11)23(18-25(2,3)4)22-16-14-13-15-17-22/h13-17,21,23,30H,18-20H2,1-12H3. The van der Waals surface area contributed by atoms with Gasteiger partial charge in [-0.3, -0.25) is 4.79 Å². The van der Waals surface area contributed by atoms with E-state index in [-0.39, 0.29) is 34.2 Å². The van der Waals surface area contributed by atoms with Crippen molar-refractivity contribution >= 4 is 5.97 Å². The van der Waals surface area contributed by atoms with Gasteiger partial charge >= 0.3 is 5.97 Å². The van der Waals surface area contributed by atoms with E-state index < -0.39 is 11.5 Å². The van der Waals surface area contributed by atoms with Gasteiger partial charge in [-0.1, -0.05) is 99.6 Å². The highest BCUT2D eigenvalue weighted by atomic mass is 16.5. The molecule has 0 saturated heterocycles. The molecule has 0 saturated carbocycles. The Hall–Kier alpha value is -1.35. The fraction of sp³-hybridized carbons (Fsp3) is 0.759. The van der Waals surface area contributed by atoms with Crippen LogP contribution in [0.15, 0.2) is 30.3 Å². The van der Waals surface area contributed by atoms with Crippen molar-refractivity contribution < 1.29 is 14.6 Å². The predicted molar refractivity (Wildman–Crippen MR) is 136 cm³/mol. The van der Waals surface area contributed by atoms with Crippen molar-refractivity contribution in [1.82, 2.24) is 0 Å². The molecule has 0 aliphatic heterocycles. The summed E-state index contributed by atoms with van der Waals surface area (Å²) in [5, 5.41) is 9.66. The number of carbonyl (C=O) groups excluding carboxylic acids is 1. The van der Waals surface area contributed by atoms with E-state index >= 15 is 0 Å². The van der Waals surface area contributed by atoms with Gasteiger partial charge < -0.3 is 9.84 Å². The van der Waals surface area contributed by atoms with Crippen LogP contribution in [0.3, 0.4) is 0 Å². The summed E-state index contributed by atoms with van der Waals surface area (Å²) >= 11 is 0. The Morgan fingerprint density at radius 3 is 1.81 bits per heavy atom. The lowest BCUT2D eigenvalue weighted by Crippen LogP contribution is -2.49. The van der Waals surface area contributed by atoms with Gasteiger partial charge in [0.05, 0.1) is 11.5 Å². The first-order chi connectivity index (χ1) is 14.2. The molecule has 0 bridgehead atoms. The molecule has 1 N–H and O–H groups in total. The summed E-state index contributed by atoms with van der Waals surface area (Å²) in [6.07, 6.45) is 1.09. The van der Waals surface area contributed by atoms with Gasteiger partial charge in [-0.05, 0) is 59.8 Å². The predicted octanol–water partition coefficient (Wildman–Crippen LogP) is 7.63. The molecule has 1 aromatic carbocycles. The van der Waals surface area contributed by atoms with Crippen molar-refractivity contribution in [2.75, 3.05) is 6.61 Å². The molecule has 0 amide bonds. The molecule has 1 rings (SSSR count). The van der Waals surface area contributed by atoms with E-state index in [1.165, 1.54) is 5.56 Å². The zero-order valence-corrected chi connectivity index (χ0v) is 22.9. The molecular formula is C29H50O3. The third-order valence-electron chi connectivity index (χ3n) is 7.99. The average Bonchev–Trinajstić information content (AvgIpc) is 2.62. The Balaban J connectivity index is 3.44. The summed E-state index contributed by atoms with van der Waals surface area (Å²) in [5.74, 6) is 0.123. The van der Waals surface area contributed by atoms with Crippen molar-refractivity contribution in [3.05, 3.63) is 35.9 Å². The van der Waals surface area contributed by atoms with Crippen LogP contribution in [0.2, 0.25) is 0 Å². The molecule has 184 valence electrons. The largest absolute Gasteiger partial charge is 0.463 e. The highest BCUT2D eigenvalue weighted by Crippen LogP contribution is 2.59. The van der Waals surface area contributed by atoms with E-state index in [0.717, 1.165) is 6.42 Å². The summed E-state index contributed by atoms with van der Waals surface area (Å²) in [7, 11) is 0. The number of benzene rings is 1. The van der Waals surface area contributed by atoms with E-state index in [2.05, 4.69) is 99.6 Å². The molecule has 0 spiro atoms. The van der Waals surface area contributed by atoms with Gasteiger partial charge in [0.2, 0.25) is 0 Å². The van der Waals surface area contributed by atoms with Crippen molar-refractivity contribution in [3.63, 3.8) is 0 Å². The van der Waals surface area contributed by atoms with Crippen LogP contribution < -0.4 is 0 Å². The first-order valence-electron chi connectivity index (χ1n) is 12.1. The molecule has 3 atom stereocenters. The van der Waals surface area contributed by atoms with Gasteiger partial charge in [0.1, 0.15) is 6.61 Å². The number of aliphatic hydroxyl groups excluding tert-OH is 1. The second-order valence-electron chi connectivity index (χ2n) is 13.5. The SMILES string of the molecule is CC(O)COC(=O)C(C)(CC(C)(C)C(C)(C)C(CC(C)(C)C)c1ccccc1)C(C)(C)C. The number of hydrogen-bond donors (Lipinski definition) is 1. The lowest BCUT2D eigenvalue weighted by atomic mass is 9.50. The minimum Gasteiger partial charge on any atom is -0.463 e. The van der Waals surface area contributed by atoms with Crippen molar-refractivity contribution in [2.24, 2.45) is 27.1 Å². The van der Waals surface area contributed by atoms with Gasteiger partial charge in [0.15, 0.2) is 0 Å². The Morgan fingerprint density at radius 1 is 0.906 bits per heavy atom. The third-order valence-corrected chi connectivity index (χ3v) is 7.99. The number of esters is 1. The number of carbonyl (C=O) groups is 1. The van der Waals surface area contributed by atoms with E-state index in [0.29, 0.717) is 12.3 Å². The highest BCUT2D eigenvalue weighted by molar-refractivity contribution is 5.77. The smallest absolute Gasteiger partial charge is 0.312 e. The molecule has 32 heavy (non-hydrogen) atoms. The van der Waals surface area contributed by atoms with Crippen LogP contribution in [-0.4, -0.2) is 23.8 Å². The number of rotatable bonds is 9. The molecule has 3 heteroatoms. The first-order valence-corrected chi connectivity index (χ1v) is 12.1. The lowest BCUT2D eigenvalue weighted by molar-refractivity contribution is -0.170. The van der Waals surface area contributed by atoms with Gasteiger partial charge in [0.25, 0.3) is 0 Å². The van der Waals surface area contributed by atoms with E-state index in [1.807, 2.05) is 6.92 Å². The molecule has 0 aromatic heterocycles. The van der Waals surface area contributed by atoms with E-state index in [4.69, 9.17) is 4.74 Å². The normalized spacial score (nSPS) is 17.4. The van der Waals surface area contributed by atoms with Crippen molar-refractivity contribution in [3.8, 4) is 0 Å². The van der Waals surface area contributed by atoms with Crippen LogP contribution >= 0.6 is 0 Å². The topological polar surface area (TPSA) is 46.5 Å². The van der Waals surface area contributed by atoms with Crippen LogP contribution in [0.5, 0.6) is 0 Å². The summed E-state index contributed by atoms with van der Waals surface area (Å²) in [6.45, 7) is 26.3. The number of hydrogen-bond acceptors (Lipinski definition) is 3. The summed E-state index contributed by atoms with van der Waals surface area (Å²) in [6, 6.07) is 10.8. The van der Waals surface area contributed by atoms with Crippen LogP contribution in [0.4, 0.5) is 0 Å². The fourth-order valence-corrected chi connectivity index (χ4v) is 4.67. The number of ether oxygens (including phenoxy) is 1. The van der Waals surface area contributed by atoms with Gasteiger partial charge in [-0.15, -0.1) is 0 Å². The molecule has 1 aromatic rings. The van der Waals surface area contributed by atoms with Crippen molar-refractivity contribution in [2.45, 2.75) is 108 Å². The fourth-order valence-electron chi connectivity index (χ4n) is 4.67. The zero-order valence-electron chi connectivity index (χ0n) is 22.9. The molecule has 0 radical (unpaired) electrons. The minimum absolute atomic E-state index is 0.0327. The molecule has 0 fully saturated rings. The molecule has 0 aliphatic carbocycles.